The van der Waals surface area contributed by atoms with Crippen LogP contribution in [0.5, 0.6) is 0 Å². The van der Waals surface area contributed by atoms with Crippen LogP contribution in [-0.4, -0.2) is 42.0 Å². The molecular weight excluding hydrogens is 358 g/mol. The number of rotatable bonds is 3. The van der Waals surface area contributed by atoms with Crippen molar-refractivity contribution in [3.63, 3.8) is 0 Å². The first-order valence-corrected chi connectivity index (χ1v) is 9.71. The molecule has 0 unspecified atom stereocenters. The second-order valence-electron chi connectivity index (χ2n) is 7.18. The molecule has 0 saturated carbocycles. The number of piperazine rings is 1. The summed E-state index contributed by atoms with van der Waals surface area (Å²) >= 11 is 6.09. The number of amides is 1. The highest BCUT2D eigenvalue weighted by molar-refractivity contribution is 6.30. The average Bonchev–Trinajstić information content (AvgIpc) is 2.67. The second kappa shape index (κ2) is 7.67. The number of hydrogen-bond donors (Lipinski definition) is 1. The number of fused-ring (bicyclic) bond motifs is 1. The normalized spacial score (nSPS) is 15.3. The van der Waals surface area contributed by atoms with Crippen LogP contribution in [0.2, 0.25) is 5.02 Å². The Kier molecular flexibility index (Phi) is 5.10. The van der Waals surface area contributed by atoms with Crippen molar-refractivity contribution in [2.45, 2.75) is 13.5 Å². The first kappa shape index (κ1) is 18.0. The van der Waals surface area contributed by atoms with E-state index in [-0.39, 0.29) is 5.91 Å². The average molecular weight is 381 g/mol. The monoisotopic (exact) mass is 380 g/mol. The molecule has 1 aromatic heterocycles. The van der Waals surface area contributed by atoms with Crippen LogP contribution in [-0.2, 0) is 6.54 Å². The maximum Gasteiger partial charge on any atom is 0.255 e. The molecule has 1 amide bonds. The van der Waals surface area contributed by atoms with Gasteiger partial charge in [-0.05, 0) is 31.2 Å². The minimum atomic E-state index is 0.110. The van der Waals surface area contributed by atoms with E-state index in [2.05, 4.69) is 11.1 Å². The van der Waals surface area contributed by atoms with E-state index in [1.54, 1.807) is 0 Å². The number of nitrogens with one attached hydrogen (secondary N) is 1. The fraction of sp³-hybridized carbons (Fsp3) is 0.273. The number of carbonyl (C=O) groups excluding carboxylic acids is 1. The number of aromatic nitrogens is 1. The van der Waals surface area contributed by atoms with E-state index in [4.69, 9.17) is 11.6 Å². The van der Waals surface area contributed by atoms with Gasteiger partial charge >= 0.3 is 0 Å². The van der Waals surface area contributed by atoms with Crippen LogP contribution in [0.3, 0.4) is 0 Å². The van der Waals surface area contributed by atoms with Gasteiger partial charge in [0.2, 0.25) is 0 Å². The smallest absolute Gasteiger partial charge is 0.255 e. The number of para-hydroxylation sites is 1. The van der Waals surface area contributed by atoms with Gasteiger partial charge in [0.25, 0.3) is 5.91 Å². The fourth-order valence-corrected chi connectivity index (χ4v) is 4.01. The van der Waals surface area contributed by atoms with E-state index in [9.17, 15) is 4.79 Å². The Morgan fingerprint density at radius 3 is 2.67 bits per heavy atom. The molecule has 27 heavy (non-hydrogen) atoms. The highest BCUT2D eigenvalue weighted by Crippen LogP contribution is 2.20. The molecule has 4 rings (SSSR count). The van der Waals surface area contributed by atoms with Crippen molar-refractivity contribution >= 4 is 28.4 Å². The number of hydrogen-bond acceptors (Lipinski definition) is 2. The van der Waals surface area contributed by atoms with Gasteiger partial charge < -0.3 is 9.80 Å². The fourth-order valence-electron chi connectivity index (χ4n) is 3.79. The molecule has 1 fully saturated rings. The Morgan fingerprint density at radius 1 is 1.11 bits per heavy atom. The lowest BCUT2D eigenvalue weighted by molar-refractivity contribution is -0.917. The van der Waals surface area contributed by atoms with Gasteiger partial charge in [-0.25, -0.2) is 0 Å². The van der Waals surface area contributed by atoms with Crippen LogP contribution in [0, 0.1) is 6.92 Å². The Bertz CT molecular complexity index is 980. The van der Waals surface area contributed by atoms with E-state index < -0.39 is 0 Å². The number of aryl methyl sites for hydroxylation is 1. The molecule has 3 aromatic rings. The zero-order chi connectivity index (χ0) is 18.8. The highest BCUT2D eigenvalue weighted by atomic mass is 35.5. The third-order valence-corrected chi connectivity index (χ3v) is 5.41. The van der Waals surface area contributed by atoms with E-state index in [1.807, 2.05) is 60.4 Å². The zero-order valence-electron chi connectivity index (χ0n) is 15.4. The molecule has 1 aliphatic rings. The summed E-state index contributed by atoms with van der Waals surface area (Å²) in [6, 6.07) is 17.8. The van der Waals surface area contributed by atoms with Crippen molar-refractivity contribution in [3.8, 4) is 0 Å². The highest BCUT2D eigenvalue weighted by Gasteiger charge is 2.26. The lowest BCUT2D eigenvalue weighted by atomic mass is 10.1. The number of halogens is 1. The van der Waals surface area contributed by atoms with Crippen LogP contribution in [0.1, 0.15) is 21.6 Å². The molecule has 0 spiro atoms. The Balaban J connectivity index is 1.46. The number of pyridine rings is 1. The number of benzene rings is 2. The first-order chi connectivity index (χ1) is 13.1. The lowest BCUT2D eigenvalue weighted by Gasteiger charge is -2.32. The van der Waals surface area contributed by atoms with Crippen LogP contribution < -0.4 is 4.90 Å². The van der Waals surface area contributed by atoms with E-state index >= 15 is 0 Å². The van der Waals surface area contributed by atoms with Gasteiger partial charge in [-0.2, -0.15) is 0 Å². The molecule has 0 bridgehead atoms. The molecular formula is C22H23ClN3O+. The summed E-state index contributed by atoms with van der Waals surface area (Å²) in [4.78, 5) is 21.1. The van der Waals surface area contributed by atoms with Gasteiger partial charge in [0, 0.05) is 21.7 Å². The molecule has 1 saturated heterocycles. The molecule has 1 N–H and O–H groups in total. The molecule has 0 radical (unpaired) electrons. The van der Waals surface area contributed by atoms with Gasteiger partial charge in [0.1, 0.15) is 6.54 Å². The molecule has 5 heteroatoms. The molecule has 2 heterocycles. The molecule has 0 aliphatic carbocycles. The molecule has 4 nitrogen and oxygen atoms in total. The van der Waals surface area contributed by atoms with Crippen molar-refractivity contribution in [2.24, 2.45) is 0 Å². The van der Waals surface area contributed by atoms with Crippen molar-refractivity contribution in [1.82, 2.24) is 9.88 Å². The van der Waals surface area contributed by atoms with Crippen LogP contribution in [0.4, 0.5) is 0 Å². The predicted octanol–water partition coefficient (Wildman–Crippen LogP) is 2.74. The molecule has 1 aliphatic heterocycles. The summed E-state index contributed by atoms with van der Waals surface area (Å²) in [6.45, 7) is 6.31. The van der Waals surface area contributed by atoms with Gasteiger partial charge in [-0.3, -0.25) is 9.78 Å². The van der Waals surface area contributed by atoms with Crippen molar-refractivity contribution in [3.05, 3.63) is 76.4 Å². The van der Waals surface area contributed by atoms with Gasteiger partial charge in [0.15, 0.2) is 0 Å². The quantitative estimate of drug-likeness (QED) is 0.758. The first-order valence-electron chi connectivity index (χ1n) is 9.34. The van der Waals surface area contributed by atoms with Gasteiger partial charge in [-0.15, -0.1) is 0 Å². The maximum atomic E-state index is 13.1. The van der Waals surface area contributed by atoms with Crippen LogP contribution in [0.15, 0.2) is 54.6 Å². The standard InChI is InChI=1S/C22H22ClN3O/c1-16-13-20(19-7-2-3-8-21(19)24-16)22(27)26-11-9-25(10-12-26)15-17-5-4-6-18(23)14-17/h2-8,13-14H,9-12,15H2,1H3/p+1. The Morgan fingerprint density at radius 2 is 1.89 bits per heavy atom. The molecule has 2 aromatic carbocycles. The van der Waals surface area contributed by atoms with E-state index in [0.29, 0.717) is 0 Å². The second-order valence-corrected chi connectivity index (χ2v) is 7.61. The largest absolute Gasteiger partial charge is 0.328 e. The number of carbonyl (C=O) groups is 1. The van der Waals surface area contributed by atoms with Gasteiger partial charge in [0.05, 0.1) is 37.3 Å². The summed E-state index contributed by atoms with van der Waals surface area (Å²) in [5.74, 6) is 0.110. The number of quaternary nitrogens is 1. The minimum Gasteiger partial charge on any atom is -0.328 e. The third kappa shape index (κ3) is 3.97. The third-order valence-electron chi connectivity index (χ3n) is 5.18. The summed E-state index contributed by atoms with van der Waals surface area (Å²) in [7, 11) is 0. The molecule has 0 atom stereocenters. The lowest BCUT2D eigenvalue weighted by Crippen LogP contribution is -3.13. The maximum absolute atomic E-state index is 13.1. The number of nitrogens with zero attached hydrogens (tertiary/aromatic N) is 2. The van der Waals surface area contributed by atoms with Crippen LogP contribution in [0.25, 0.3) is 10.9 Å². The summed E-state index contributed by atoms with van der Waals surface area (Å²) < 4.78 is 0. The van der Waals surface area contributed by atoms with E-state index in [0.717, 1.165) is 59.9 Å². The van der Waals surface area contributed by atoms with Gasteiger partial charge in [-0.1, -0.05) is 41.9 Å². The minimum absolute atomic E-state index is 0.110. The van der Waals surface area contributed by atoms with Crippen LogP contribution >= 0.6 is 11.6 Å². The van der Waals surface area contributed by atoms with E-state index in [1.165, 1.54) is 10.5 Å². The topological polar surface area (TPSA) is 37.6 Å². The van der Waals surface area contributed by atoms with Crippen molar-refractivity contribution < 1.29 is 9.69 Å². The summed E-state index contributed by atoms with van der Waals surface area (Å²) in [5, 5.41) is 1.71. The zero-order valence-corrected chi connectivity index (χ0v) is 16.2. The molecule has 138 valence electrons. The SMILES string of the molecule is Cc1cc(C(=O)N2CC[NH+](Cc3cccc(Cl)c3)CC2)c2ccccc2n1. The summed E-state index contributed by atoms with van der Waals surface area (Å²) in [5.41, 5.74) is 3.76. The predicted molar refractivity (Wildman–Crippen MR) is 108 cm³/mol. The Labute approximate surface area is 164 Å². The van der Waals surface area contributed by atoms with Crippen molar-refractivity contribution in [2.75, 3.05) is 26.2 Å². The summed E-state index contributed by atoms with van der Waals surface area (Å²) in [6.07, 6.45) is 0. The van der Waals surface area contributed by atoms with Crippen molar-refractivity contribution in [1.29, 1.82) is 0 Å². The Hall–Kier alpha value is -2.43.